The number of nitrogens with zero attached hydrogens (tertiary/aromatic N) is 5. The van der Waals surface area contributed by atoms with Crippen molar-refractivity contribution in [1.29, 1.82) is 0 Å². The maximum atomic E-state index is 14.9. The number of carboxylic acids is 1. The highest BCUT2D eigenvalue weighted by atomic mass is 27.3. The van der Waals surface area contributed by atoms with Crippen molar-refractivity contribution in [2.75, 3.05) is 85.1 Å². The van der Waals surface area contributed by atoms with Gasteiger partial charge in [-0.05, 0) is 85.0 Å². The first kappa shape index (κ1) is 48.1. The number of carbonyl (C=O) groups is 4. The van der Waals surface area contributed by atoms with Crippen molar-refractivity contribution >= 4 is 51.2 Å². The molecule has 0 saturated carbocycles. The summed E-state index contributed by atoms with van der Waals surface area (Å²) in [5, 5.41) is 10.00. The lowest BCUT2D eigenvalue weighted by atomic mass is 9.95. The van der Waals surface area contributed by atoms with Crippen molar-refractivity contribution in [3.63, 3.8) is 0 Å². The number of benzene rings is 3. The summed E-state index contributed by atoms with van der Waals surface area (Å²) in [6.45, 7) is 5.95. The number of hydrogen-bond acceptors (Lipinski definition) is 11. The van der Waals surface area contributed by atoms with E-state index in [-0.39, 0.29) is 61.5 Å². The molecule has 0 aromatic heterocycles. The normalized spacial score (nSPS) is 22.4. The van der Waals surface area contributed by atoms with E-state index < -0.39 is 51.0 Å². The molecule has 348 valence electrons. The van der Waals surface area contributed by atoms with Crippen molar-refractivity contribution < 1.29 is 53.3 Å². The molecular formula is C47H56AlF4N5O8. The van der Waals surface area contributed by atoms with Crippen molar-refractivity contribution in [2.45, 2.75) is 57.8 Å². The van der Waals surface area contributed by atoms with Crippen LogP contribution in [0.15, 0.2) is 60.7 Å². The lowest BCUT2D eigenvalue weighted by Crippen LogP contribution is -2.47. The molecule has 4 heterocycles. The molecule has 65 heavy (non-hydrogen) atoms. The number of aliphatic carboxylic acids is 1. The van der Waals surface area contributed by atoms with Crippen LogP contribution in [0, 0.1) is 12.8 Å². The average molecular weight is 922 g/mol. The van der Waals surface area contributed by atoms with Crippen LogP contribution >= 0.6 is 0 Å². The fourth-order valence-electron chi connectivity index (χ4n) is 9.08. The summed E-state index contributed by atoms with van der Waals surface area (Å²) in [6.07, 6.45) is 1.50. The highest BCUT2D eigenvalue weighted by Gasteiger charge is 2.43. The molecule has 13 nitrogen and oxygen atoms in total. The third-order valence-electron chi connectivity index (χ3n) is 12.9. The predicted octanol–water partition coefficient (Wildman–Crippen LogP) is 5.88. The second-order valence-electron chi connectivity index (χ2n) is 17.3. The molecule has 2 unspecified atom stereocenters. The van der Waals surface area contributed by atoms with Gasteiger partial charge < -0.3 is 25.8 Å². The molecule has 3 atom stereocenters. The Morgan fingerprint density at radius 3 is 2.11 bits per heavy atom. The zero-order valence-electron chi connectivity index (χ0n) is 36.6. The van der Waals surface area contributed by atoms with Gasteiger partial charge in [0.25, 0.3) is 11.9 Å². The lowest BCUT2D eigenvalue weighted by Gasteiger charge is -2.35. The molecule has 2 bridgehead atoms. The number of carboxylic acid groups (broad SMARTS) is 1. The monoisotopic (exact) mass is 921 g/mol. The number of piperidine rings is 2. The van der Waals surface area contributed by atoms with Gasteiger partial charge in [0, 0.05) is 64.5 Å². The molecule has 4 aliphatic heterocycles. The summed E-state index contributed by atoms with van der Waals surface area (Å²) in [5.74, 6) is -2.42. The van der Waals surface area contributed by atoms with Crippen LogP contribution in [0.25, 0.3) is 23.3 Å². The van der Waals surface area contributed by atoms with Crippen molar-refractivity contribution in [1.82, 2.24) is 24.5 Å². The van der Waals surface area contributed by atoms with E-state index in [2.05, 4.69) is 0 Å². The van der Waals surface area contributed by atoms with E-state index in [4.69, 9.17) is 12.3 Å². The minimum atomic E-state index is -4.71. The van der Waals surface area contributed by atoms with Gasteiger partial charge in [0.05, 0.1) is 31.8 Å². The largest absolute Gasteiger partial charge is 1.15 e. The number of hydrogen-bond donors (Lipinski definition) is 1. The van der Waals surface area contributed by atoms with Gasteiger partial charge in [0.2, 0.25) is 5.91 Å². The van der Waals surface area contributed by atoms with Gasteiger partial charge >= 0.3 is 27.4 Å². The van der Waals surface area contributed by atoms with Crippen LogP contribution in [0.2, 0.25) is 0 Å². The summed E-state index contributed by atoms with van der Waals surface area (Å²) in [5.41, 5.74) is 3.00. The molecule has 3 aromatic carbocycles. The number of fused-ring (bicyclic) bond motifs is 3. The smallest absolute Gasteiger partial charge is 0.558 e. The van der Waals surface area contributed by atoms with Crippen LogP contribution in [0.4, 0.5) is 16.7 Å². The zero-order valence-corrected chi connectivity index (χ0v) is 37.8. The van der Waals surface area contributed by atoms with Gasteiger partial charge in [0.1, 0.15) is 11.8 Å². The minimum Gasteiger partial charge on any atom is -0.558 e. The standard InChI is InChI=1S/C47H58F3N5O8.Al.FH/c1-33-35(10-7-11-39(33)36-8-3-2-4-9-36)13-14-37-27-42(38(26-40(37)47(48,49)50)28-55-17-6-5-12-41(55)46(61)62)63-32-34-15-18-54(19-16-34)43(56)29-51-20-22-52(30-44(57)58)24-25-53(23-21-51)31-45(59)60;;/h2-4,7-11,13-14,26-27,34,41H,5-6,12,15-25,28-32H2,1H3,(H,57,58)(H,59,60)(H,61,62);;1H/q;+3;/p-3/b14-13+;;/t41-;;/m0../s1. The quantitative estimate of drug-likeness (QED) is 0.140. The Hall–Kier alpha value is -4.83. The van der Waals surface area contributed by atoms with E-state index in [1.807, 2.05) is 70.2 Å². The van der Waals surface area contributed by atoms with E-state index in [1.165, 1.54) is 12.1 Å². The topological polar surface area (TPSA) is 132 Å². The van der Waals surface area contributed by atoms with Crippen LogP contribution in [-0.2, 0) is 39.5 Å². The molecule has 3 aromatic rings. The Labute approximate surface area is 382 Å². The third-order valence-corrected chi connectivity index (χ3v) is 13.8. The number of halogens is 4. The molecule has 0 aliphatic carbocycles. The predicted molar refractivity (Wildman–Crippen MR) is 236 cm³/mol. The first-order valence-electron chi connectivity index (χ1n) is 22.3. The number of likely N-dealkylation sites (tertiary alicyclic amines) is 2. The van der Waals surface area contributed by atoms with Gasteiger partial charge in [0.15, 0.2) is 0 Å². The van der Waals surface area contributed by atoms with E-state index in [1.54, 1.807) is 15.9 Å². The van der Waals surface area contributed by atoms with Gasteiger partial charge in [-0.15, -0.1) is 0 Å². The summed E-state index contributed by atoms with van der Waals surface area (Å²) < 4.78 is 74.7. The van der Waals surface area contributed by atoms with Crippen molar-refractivity contribution in [3.8, 4) is 16.9 Å². The highest BCUT2D eigenvalue weighted by Crippen LogP contribution is 2.39. The first-order chi connectivity index (χ1) is 31.2. The molecular weight excluding hydrogens is 866 g/mol. The molecule has 1 amide bonds. The molecule has 4 saturated heterocycles. The second kappa shape index (κ2) is 22.1. The van der Waals surface area contributed by atoms with Gasteiger partial charge in [-0.25, -0.2) is 0 Å². The molecule has 7 rings (SSSR count). The number of ether oxygens (including phenoxy) is 1. The van der Waals surface area contributed by atoms with Crippen LogP contribution in [-0.4, -0.2) is 160 Å². The molecule has 4 aliphatic rings. The second-order valence-corrected chi connectivity index (χ2v) is 18.3. The highest BCUT2D eigenvalue weighted by molar-refractivity contribution is 6.41. The van der Waals surface area contributed by atoms with E-state index in [9.17, 15) is 41.0 Å². The van der Waals surface area contributed by atoms with Crippen molar-refractivity contribution in [2.24, 2.45) is 5.92 Å². The molecule has 0 radical (unpaired) electrons. The summed E-state index contributed by atoms with van der Waals surface area (Å²) >= 11 is -3.92. The van der Waals surface area contributed by atoms with E-state index in [0.29, 0.717) is 78.2 Å². The Bertz CT molecular complexity index is 2160. The van der Waals surface area contributed by atoms with Crippen LogP contribution < -0.4 is 4.74 Å². The van der Waals surface area contributed by atoms with Gasteiger partial charge in [-0.2, -0.15) is 13.2 Å². The number of rotatable bonds is 11. The number of amides is 1. The third kappa shape index (κ3) is 13.2. The van der Waals surface area contributed by atoms with E-state index in [0.717, 1.165) is 41.2 Å². The number of alkyl halides is 3. The maximum absolute atomic E-state index is 14.9. The Morgan fingerprint density at radius 1 is 0.815 bits per heavy atom. The average Bonchev–Trinajstić information content (AvgIpc) is 3.34. The van der Waals surface area contributed by atoms with Crippen molar-refractivity contribution in [3.05, 3.63) is 88.5 Å². The van der Waals surface area contributed by atoms with Gasteiger partial charge in [-0.3, -0.25) is 38.8 Å². The van der Waals surface area contributed by atoms with E-state index >= 15 is 0 Å². The molecule has 1 N–H and O–H groups in total. The zero-order chi connectivity index (χ0) is 46.1. The Kier molecular flexibility index (Phi) is 16.4. The van der Waals surface area contributed by atoms with Crippen LogP contribution in [0.3, 0.4) is 0 Å². The van der Waals surface area contributed by atoms with Gasteiger partial charge in [-0.1, -0.05) is 67.1 Å². The summed E-state index contributed by atoms with van der Waals surface area (Å²) in [4.78, 5) is 59.7. The number of carbonyl (C=O) groups excluding carboxylic acids is 3. The molecule has 4 fully saturated rings. The van der Waals surface area contributed by atoms with Crippen LogP contribution in [0.5, 0.6) is 5.75 Å². The fourth-order valence-corrected chi connectivity index (χ4v) is 9.69. The first-order valence-corrected chi connectivity index (χ1v) is 23.7. The maximum Gasteiger partial charge on any atom is 1.15 e. The minimum absolute atomic E-state index is 0.00399. The van der Waals surface area contributed by atoms with Crippen LogP contribution in [0.1, 0.15) is 59.9 Å². The SMILES string of the molecule is Cc1c(/C=C/c2cc(OCC3CCN(C(=O)CN4CCN5CCN(CC4)CC(=O)[O][Al]([F])[O]C(=O)C5)CC3)c(CN3CCCC[C@H]3C(=O)O)cc2C(F)(F)F)cccc1-c1ccccc1. The molecule has 18 heteroatoms. The lowest BCUT2D eigenvalue weighted by molar-refractivity contribution is -0.145. The fraction of sp³-hybridized carbons (Fsp3) is 0.489. The summed E-state index contributed by atoms with van der Waals surface area (Å²) in [6, 6.07) is 17.2. The Balaban J connectivity index is 1.04. The molecule has 0 spiro atoms. The Morgan fingerprint density at radius 2 is 1.46 bits per heavy atom. The summed E-state index contributed by atoms with van der Waals surface area (Å²) in [7, 11) is 0.